The minimum absolute atomic E-state index is 0.0944. The molecule has 3 aromatic carbocycles. The second kappa shape index (κ2) is 5.80. The average molecular weight is 380 g/mol. The Kier molecular flexibility index (Phi) is 4.03. The second-order valence-corrected chi connectivity index (χ2v) is 6.35. The lowest BCUT2D eigenvalue weighted by atomic mass is 9.97. The first-order chi connectivity index (χ1) is 10.1. The molecular weight excluding hydrogens is 371 g/mol. The molecule has 0 aromatic heterocycles. The standard InChI is InChI=1S/C17H9BrCl2O/c18-16-6-5-15(13-3-1-2-4-14(13)16)17(21)10-7-11(19)9-12(20)8-10/h1-9H. The van der Waals surface area contributed by atoms with Gasteiger partial charge in [-0.15, -0.1) is 0 Å². The number of benzene rings is 3. The SMILES string of the molecule is O=C(c1cc(Cl)cc(Cl)c1)c1ccc(Br)c2ccccc12. The summed E-state index contributed by atoms with van der Waals surface area (Å²) in [6.07, 6.45) is 0. The first-order valence-electron chi connectivity index (χ1n) is 6.24. The van der Waals surface area contributed by atoms with Gasteiger partial charge < -0.3 is 0 Å². The van der Waals surface area contributed by atoms with Crippen molar-refractivity contribution in [3.8, 4) is 0 Å². The van der Waals surface area contributed by atoms with Crippen LogP contribution in [0.4, 0.5) is 0 Å². The van der Waals surface area contributed by atoms with Crippen LogP contribution in [0, 0.1) is 0 Å². The normalized spacial score (nSPS) is 10.8. The van der Waals surface area contributed by atoms with E-state index in [0.29, 0.717) is 21.2 Å². The molecule has 1 nitrogen and oxygen atoms in total. The summed E-state index contributed by atoms with van der Waals surface area (Å²) >= 11 is 15.5. The molecule has 104 valence electrons. The molecule has 0 amide bonds. The molecule has 0 atom stereocenters. The van der Waals surface area contributed by atoms with Crippen LogP contribution in [0.1, 0.15) is 15.9 Å². The Morgan fingerprint density at radius 3 is 2.14 bits per heavy atom. The van der Waals surface area contributed by atoms with Crippen LogP contribution in [0.2, 0.25) is 10.0 Å². The Morgan fingerprint density at radius 1 is 0.857 bits per heavy atom. The summed E-state index contributed by atoms with van der Waals surface area (Å²) in [4.78, 5) is 12.7. The highest BCUT2D eigenvalue weighted by Crippen LogP contribution is 2.29. The number of hydrogen-bond donors (Lipinski definition) is 0. The molecule has 0 aliphatic heterocycles. The molecule has 0 unspecified atom stereocenters. The van der Waals surface area contributed by atoms with E-state index in [1.807, 2.05) is 36.4 Å². The summed E-state index contributed by atoms with van der Waals surface area (Å²) < 4.78 is 0.957. The van der Waals surface area contributed by atoms with Gasteiger partial charge in [0, 0.05) is 25.6 Å². The van der Waals surface area contributed by atoms with E-state index in [2.05, 4.69) is 15.9 Å². The van der Waals surface area contributed by atoms with Crippen molar-refractivity contribution in [1.82, 2.24) is 0 Å². The largest absolute Gasteiger partial charge is 0.289 e. The highest BCUT2D eigenvalue weighted by atomic mass is 79.9. The molecule has 0 N–H and O–H groups in total. The monoisotopic (exact) mass is 378 g/mol. The first kappa shape index (κ1) is 14.6. The maximum Gasteiger partial charge on any atom is 0.193 e. The highest BCUT2D eigenvalue weighted by Gasteiger charge is 2.14. The Labute approximate surface area is 140 Å². The maximum atomic E-state index is 12.7. The molecule has 4 heteroatoms. The van der Waals surface area contributed by atoms with Gasteiger partial charge >= 0.3 is 0 Å². The van der Waals surface area contributed by atoms with Crippen molar-refractivity contribution in [1.29, 1.82) is 0 Å². The smallest absolute Gasteiger partial charge is 0.193 e. The molecule has 21 heavy (non-hydrogen) atoms. The number of halogens is 3. The topological polar surface area (TPSA) is 17.1 Å². The van der Waals surface area contributed by atoms with E-state index in [4.69, 9.17) is 23.2 Å². The van der Waals surface area contributed by atoms with Crippen LogP contribution >= 0.6 is 39.1 Å². The second-order valence-electron chi connectivity index (χ2n) is 4.63. The fourth-order valence-corrected chi connectivity index (χ4v) is 3.30. The number of carbonyl (C=O) groups is 1. The van der Waals surface area contributed by atoms with Gasteiger partial charge in [0.25, 0.3) is 0 Å². The molecule has 0 spiro atoms. The summed E-state index contributed by atoms with van der Waals surface area (Å²) in [6, 6.07) is 16.3. The lowest BCUT2D eigenvalue weighted by molar-refractivity contribution is 0.104. The third kappa shape index (κ3) is 2.84. The molecule has 0 saturated heterocycles. The van der Waals surface area contributed by atoms with Gasteiger partial charge in [0.15, 0.2) is 5.78 Å². The summed E-state index contributed by atoms with van der Waals surface area (Å²) in [5, 5.41) is 2.80. The van der Waals surface area contributed by atoms with Crippen molar-refractivity contribution in [2.45, 2.75) is 0 Å². The van der Waals surface area contributed by atoms with Crippen molar-refractivity contribution in [2.24, 2.45) is 0 Å². The zero-order valence-corrected chi connectivity index (χ0v) is 13.8. The predicted molar refractivity (Wildman–Crippen MR) is 91.5 cm³/mol. The van der Waals surface area contributed by atoms with Gasteiger partial charge in [-0.25, -0.2) is 0 Å². The molecule has 3 rings (SSSR count). The maximum absolute atomic E-state index is 12.7. The summed E-state index contributed by atoms with van der Waals surface area (Å²) in [5.41, 5.74) is 1.12. The Bertz CT molecular complexity index is 838. The van der Waals surface area contributed by atoms with Crippen LogP contribution in [-0.4, -0.2) is 5.78 Å². The lowest BCUT2D eigenvalue weighted by Gasteiger charge is -2.08. The highest BCUT2D eigenvalue weighted by molar-refractivity contribution is 9.10. The quantitative estimate of drug-likeness (QED) is 0.488. The zero-order valence-electron chi connectivity index (χ0n) is 10.7. The summed E-state index contributed by atoms with van der Waals surface area (Å²) in [5.74, 6) is -0.0944. The van der Waals surface area contributed by atoms with Crippen molar-refractivity contribution in [3.05, 3.63) is 80.2 Å². The molecule has 0 saturated carbocycles. The van der Waals surface area contributed by atoms with E-state index >= 15 is 0 Å². The third-order valence-electron chi connectivity index (χ3n) is 3.24. The van der Waals surface area contributed by atoms with Crippen LogP contribution < -0.4 is 0 Å². The molecule has 0 fully saturated rings. The molecule has 0 aliphatic carbocycles. The van der Waals surface area contributed by atoms with Crippen LogP contribution in [-0.2, 0) is 0 Å². The number of ketones is 1. The molecule has 3 aromatic rings. The van der Waals surface area contributed by atoms with Gasteiger partial charge in [-0.1, -0.05) is 63.4 Å². The number of fused-ring (bicyclic) bond motifs is 1. The summed E-state index contributed by atoms with van der Waals surface area (Å²) in [6.45, 7) is 0. The van der Waals surface area contributed by atoms with E-state index in [0.717, 1.165) is 15.2 Å². The Hall–Kier alpha value is -1.35. The number of carbonyl (C=O) groups excluding carboxylic acids is 1. The average Bonchev–Trinajstić information content (AvgIpc) is 2.46. The van der Waals surface area contributed by atoms with Crippen LogP contribution in [0.15, 0.2) is 59.1 Å². The van der Waals surface area contributed by atoms with Crippen LogP contribution in [0.3, 0.4) is 0 Å². The van der Waals surface area contributed by atoms with Gasteiger partial charge in [0.2, 0.25) is 0 Å². The fourth-order valence-electron chi connectivity index (χ4n) is 2.30. The first-order valence-corrected chi connectivity index (χ1v) is 7.79. The van der Waals surface area contributed by atoms with Crippen molar-refractivity contribution in [2.75, 3.05) is 0 Å². The zero-order chi connectivity index (χ0) is 15.0. The van der Waals surface area contributed by atoms with E-state index in [1.165, 1.54) is 0 Å². The van der Waals surface area contributed by atoms with Crippen molar-refractivity contribution >= 4 is 55.7 Å². The molecule has 0 bridgehead atoms. The molecule has 0 heterocycles. The molecule has 0 radical (unpaired) electrons. The van der Waals surface area contributed by atoms with Crippen molar-refractivity contribution < 1.29 is 4.79 Å². The van der Waals surface area contributed by atoms with Crippen LogP contribution in [0.5, 0.6) is 0 Å². The van der Waals surface area contributed by atoms with E-state index in [-0.39, 0.29) is 5.78 Å². The van der Waals surface area contributed by atoms with E-state index in [9.17, 15) is 4.79 Å². The number of rotatable bonds is 2. The Morgan fingerprint density at radius 2 is 1.48 bits per heavy atom. The van der Waals surface area contributed by atoms with Gasteiger partial charge in [-0.3, -0.25) is 4.79 Å². The van der Waals surface area contributed by atoms with E-state index in [1.54, 1.807) is 18.2 Å². The van der Waals surface area contributed by atoms with Gasteiger partial charge in [-0.05, 0) is 41.1 Å². The summed E-state index contributed by atoms with van der Waals surface area (Å²) in [7, 11) is 0. The molecule has 0 aliphatic rings. The minimum atomic E-state index is -0.0944. The Balaban J connectivity index is 2.20. The third-order valence-corrected chi connectivity index (χ3v) is 4.37. The van der Waals surface area contributed by atoms with Gasteiger partial charge in [-0.2, -0.15) is 0 Å². The van der Waals surface area contributed by atoms with E-state index < -0.39 is 0 Å². The van der Waals surface area contributed by atoms with Gasteiger partial charge in [0.05, 0.1) is 0 Å². The lowest BCUT2D eigenvalue weighted by Crippen LogP contribution is -2.02. The number of hydrogen-bond acceptors (Lipinski definition) is 1. The molecular formula is C17H9BrCl2O. The van der Waals surface area contributed by atoms with Crippen molar-refractivity contribution in [3.63, 3.8) is 0 Å². The fraction of sp³-hybridized carbons (Fsp3) is 0. The van der Waals surface area contributed by atoms with Gasteiger partial charge in [0.1, 0.15) is 0 Å². The van der Waals surface area contributed by atoms with Crippen LogP contribution in [0.25, 0.3) is 10.8 Å². The minimum Gasteiger partial charge on any atom is -0.289 e. The predicted octanol–water partition coefficient (Wildman–Crippen LogP) is 6.14.